The summed E-state index contributed by atoms with van der Waals surface area (Å²) >= 11 is 1.98. The molecule has 0 aromatic carbocycles. The molecule has 5 heteroatoms. The van der Waals surface area contributed by atoms with Gasteiger partial charge in [-0.2, -0.15) is 11.8 Å². The molecule has 0 bridgehead atoms. The number of thioether (sulfide) groups is 1. The van der Waals surface area contributed by atoms with Gasteiger partial charge >= 0.3 is 0 Å². The fourth-order valence-corrected chi connectivity index (χ4v) is 3.07. The van der Waals surface area contributed by atoms with Crippen molar-refractivity contribution in [2.45, 2.75) is 37.9 Å². The molecule has 1 unspecified atom stereocenters. The van der Waals surface area contributed by atoms with Crippen LogP contribution in [0.1, 0.15) is 32.6 Å². The van der Waals surface area contributed by atoms with Gasteiger partial charge in [0, 0.05) is 31.3 Å². The van der Waals surface area contributed by atoms with Crippen LogP contribution in [0, 0.1) is 0 Å². The van der Waals surface area contributed by atoms with Crippen molar-refractivity contribution in [2.75, 3.05) is 25.4 Å². The third kappa shape index (κ3) is 5.41. The number of nitrogens with two attached hydrogens (primary N) is 1. The number of halogens is 1. The minimum atomic E-state index is 0. The first kappa shape index (κ1) is 16.1. The van der Waals surface area contributed by atoms with Gasteiger partial charge in [-0.05, 0) is 18.6 Å². The van der Waals surface area contributed by atoms with Gasteiger partial charge in [-0.25, -0.2) is 0 Å². The zero-order chi connectivity index (χ0) is 11.1. The van der Waals surface area contributed by atoms with Gasteiger partial charge in [0.2, 0.25) is 5.91 Å². The van der Waals surface area contributed by atoms with E-state index < -0.39 is 0 Å². The highest BCUT2D eigenvalue weighted by Gasteiger charge is 2.21. The molecule has 1 saturated heterocycles. The Bertz CT molecular complexity index is 204. The molecule has 16 heavy (non-hydrogen) atoms. The molecule has 1 aliphatic heterocycles. The Morgan fingerprint density at radius 2 is 2.25 bits per heavy atom. The lowest BCUT2D eigenvalue weighted by Gasteiger charge is -2.23. The monoisotopic (exact) mass is 266 g/mol. The van der Waals surface area contributed by atoms with Crippen LogP contribution in [-0.2, 0) is 4.79 Å². The van der Waals surface area contributed by atoms with Crippen LogP contribution in [0.2, 0.25) is 0 Å². The summed E-state index contributed by atoms with van der Waals surface area (Å²) in [5.41, 5.74) is 5.42. The van der Waals surface area contributed by atoms with Gasteiger partial charge in [0.15, 0.2) is 0 Å². The minimum absolute atomic E-state index is 0. The highest BCUT2D eigenvalue weighted by atomic mass is 35.5. The number of amides is 1. The number of nitrogens with zero attached hydrogens (tertiary/aromatic N) is 1. The fraction of sp³-hybridized carbons (Fsp3) is 0.909. The summed E-state index contributed by atoms with van der Waals surface area (Å²) in [5, 5.41) is 0.638. The van der Waals surface area contributed by atoms with Crippen LogP contribution in [0.5, 0.6) is 0 Å². The molecule has 96 valence electrons. The molecule has 0 aliphatic carbocycles. The second kappa shape index (κ2) is 9.14. The van der Waals surface area contributed by atoms with Gasteiger partial charge in [-0.1, -0.05) is 13.3 Å². The summed E-state index contributed by atoms with van der Waals surface area (Å²) in [7, 11) is 0. The molecule has 1 fully saturated rings. The van der Waals surface area contributed by atoms with Gasteiger partial charge in [-0.15, -0.1) is 12.4 Å². The second-order valence-electron chi connectivity index (χ2n) is 3.95. The van der Waals surface area contributed by atoms with E-state index in [1.54, 1.807) is 0 Å². The van der Waals surface area contributed by atoms with Gasteiger partial charge in [0.1, 0.15) is 0 Å². The quantitative estimate of drug-likeness (QED) is 0.845. The van der Waals surface area contributed by atoms with E-state index >= 15 is 0 Å². The first-order valence-electron chi connectivity index (χ1n) is 5.87. The number of likely N-dealkylation sites (tertiary alicyclic amines) is 1. The first-order valence-corrected chi connectivity index (χ1v) is 6.92. The molecule has 0 saturated carbocycles. The van der Waals surface area contributed by atoms with E-state index in [2.05, 4.69) is 6.92 Å². The van der Waals surface area contributed by atoms with E-state index in [1.807, 2.05) is 16.7 Å². The lowest BCUT2D eigenvalue weighted by molar-refractivity contribution is -0.130. The molecule has 0 radical (unpaired) electrons. The number of hydrogen-bond acceptors (Lipinski definition) is 3. The summed E-state index contributed by atoms with van der Waals surface area (Å²) in [6.07, 6.45) is 4.16. The second-order valence-corrected chi connectivity index (χ2v) is 5.53. The summed E-state index contributed by atoms with van der Waals surface area (Å²) in [6, 6.07) is 0. The maximum absolute atomic E-state index is 11.7. The number of rotatable bonds is 4. The zero-order valence-corrected chi connectivity index (χ0v) is 11.6. The van der Waals surface area contributed by atoms with Crippen molar-refractivity contribution in [1.82, 2.24) is 4.90 Å². The molecule has 1 atom stereocenters. The Kier molecular flexibility index (Phi) is 9.18. The molecule has 1 heterocycles. The Morgan fingerprint density at radius 1 is 1.50 bits per heavy atom. The maximum Gasteiger partial charge on any atom is 0.223 e. The third-order valence-electron chi connectivity index (χ3n) is 2.74. The van der Waals surface area contributed by atoms with Crippen LogP contribution < -0.4 is 5.73 Å². The number of hydrogen-bond donors (Lipinski definition) is 1. The van der Waals surface area contributed by atoms with E-state index in [9.17, 15) is 4.79 Å². The van der Waals surface area contributed by atoms with Crippen LogP contribution in [0.4, 0.5) is 0 Å². The predicted molar refractivity (Wildman–Crippen MR) is 73.3 cm³/mol. The molecular weight excluding hydrogens is 244 g/mol. The van der Waals surface area contributed by atoms with Crippen LogP contribution in [-0.4, -0.2) is 41.4 Å². The van der Waals surface area contributed by atoms with Gasteiger partial charge in [0.05, 0.1) is 0 Å². The zero-order valence-electron chi connectivity index (χ0n) is 9.98. The van der Waals surface area contributed by atoms with Gasteiger partial charge in [0.25, 0.3) is 0 Å². The maximum atomic E-state index is 11.7. The van der Waals surface area contributed by atoms with Crippen LogP contribution in [0.25, 0.3) is 0 Å². The largest absolute Gasteiger partial charge is 0.342 e. The average Bonchev–Trinajstić information content (AvgIpc) is 2.44. The number of carbonyl (C=O) groups is 1. The third-order valence-corrected chi connectivity index (χ3v) is 3.93. The fourth-order valence-electron chi connectivity index (χ4n) is 1.98. The van der Waals surface area contributed by atoms with Gasteiger partial charge in [-0.3, -0.25) is 4.79 Å². The lowest BCUT2D eigenvalue weighted by atomic mass is 10.2. The topological polar surface area (TPSA) is 46.3 Å². The Balaban J connectivity index is 0.00000225. The molecule has 0 aromatic heterocycles. The Labute approximate surface area is 109 Å². The van der Waals surface area contributed by atoms with Crippen molar-refractivity contribution >= 4 is 30.1 Å². The molecule has 3 nitrogen and oxygen atoms in total. The van der Waals surface area contributed by atoms with Crippen LogP contribution in [0.3, 0.4) is 0 Å². The molecule has 1 rings (SSSR count). The summed E-state index contributed by atoms with van der Waals surface area (Å²) in [4.78, 5) is 13.7. The molecule has 0 spiro atoms. The van der Waals surface area contributed by atoms with Gasteiger partial charge < -0.3 is 10.6 Å². The van der Waals surface area contributed by atoms with E-state index in [0.29, 0.717) is 18.2 Å². The van der Waals surface area contributed by atoms with Crippen molar-refractivity contribution in [3.8, 4) is 0 Å². The van der Waals surface area contributed by atoms with Crippen LogP contribution in [0.15, 0.2) is 0 Å². The van der Waals surface area contributed by atoms with Crippen molar-refractivity contribution in [2.24, 2.45) is 5.73 Å². The van der Waals surface area contributed by atoms with Crippen molar-refractivity contribution < 1.29 is 4.79 Å². The Morgan fingerprint density at radius 3 is 2.88 bits per heavy atom. The van der Waals surface area contributed by atoms with Crippen molar-refractivity contribution in [3.05, 3.63) is 0 Å². The summed E-state index contributed by atoms with van der Waals surface area (Å²) < 4.78 is 0. The van der Waals surface area contributed by atoms with Crippen LogP contribution >= 0.6 is 24.2 Å². The van der Waals surface area contributed by atoms with E-state index in [4.69, 9.17) is 5.73 Å². The standard InChI is InChI=1S/C11H22N2OS.ClH/c1-2-15-10-5-3-4-8-13(9-10)11(14)6-7-12;/h10H,2-9,12H2,1H3;1H. The van der Waals surface area contributed by atoms with Crippen molar-refractivity contribution in [1.29, 1.82) is 0 Å². The van der Waals surface area contributed by atoms with E-state index in [-0.39, 0.29) is 18.3 Å². The normalized spacial score (nSPS) is 21.1. The summed E-state index contributed by atoms with van der Waals surface area (Å²) in [6.45, 7) is 4.51. The summed E-state index contributed by atoms with van der Waals surface area (Å²) in [5.74, 6) is 1.38. The van der Waals surface area contributed by atoms with Crippen molar-refractivity contribution in [3.63, 3.8) is 0 Å². The highest BCUT2D eigenvalue weighted by molar-refractivity contribution is 7.99. The SMILES string of the molecule is CCSC1CCCCN(C(=O)CCN)C1.Cl. The molecule has 1 aliphatic rings. The molecular formula is C11H23ClN2OS. The predicted octanol–water partition coefficient (Wildman–Crippen LogP) is 1.89. The number of carbonyl (C=O) groups excluding carboxylic acids is 1. The van der Waals surface area contributed by atoms with E-state index in [1.165, 1.54) is 12.8 Å². The average molecular weight is 267 g/mol. The highest BCUT2D eigenvalue weighted by Crippen LogP contribution is 2.22. The minimum Gasteiger partial charge on any atom is -0.342 e. The Hall–Kier alpha value is 0.0700. The molecule has 1 amide bonds. The van der Waals surface area contributed by atoms with E-state index in [0.717, 1.165) is 25.3 Å². The lowest BCUT2D eigenvalue weighted by Crippen LogP contribution is -2.36. The first-order chi connectivity index (χ1) is 7.27. The molecule has 0 aromatic rings. The molecule has 2 N–H and O–H groups in total. The smallest absolute Gasteiger partial charge is 0.223 e.